The number of benzene rings is 2. The van der Waals surface area contributed by atoms with E-state index in [0.29, 0.717) is 26.9 Å². The quantitative estimate of drug-likeness (QED) is 0.289. The molecule has 0 unspecified atom stereocenters. The number of carbonyl (C=O) groups is 1. The van der Waals surface area contributed by atoms with Crippen molar-refractivity contribution in [2.75, 3.05) is 5.32 Å². The second kappa shape index (κ2) is 7.45. The van der Waals surface area contributed by atoms with Crippen molar-refractivity contribution in [3.8, 4) is 11.3 Å². The van der Waals surface area contributed by atoms with Gasteiger partial charge in [-0.2, -0.15) is 0 Å². The summed E-state index contributed by atoms with van der Waals surface area (Å²) in [6.45, 7) is 0. The first-order valence-electron chi connectivity index (χ1n) is 8.28. The number of fused-ring (bicyclic) bond motifs is 1. The van der Waals surface area contributed by atoms with Crippen LogP contribution in [0.15, 0.2) is 71.2 Å². The standard InChI is InChI=1S/C20H13N3O4S/c24-19(11-8-15-7-10-17(27-15)13-4-2-1-3-5-13)22-20-21-16-9-6-14(23(25)26)12-18(16)28-20/h1-12H,(H,21,22,24)/b11-8+. The highest BCUT2D eigenvalue weighted by molar-refractivity contribution is 7.22. The Balaban J connectivity index is 1.45. The lowest BCUT2D eigenvalue weighted by Gasteiger charge is -1.95. The van der Waals surface area contributed by atoms with Gasteiger partial charge in [0.05, 0.1) is 15.1 Å². The molecule has 4 aromatic rings. The van der Waals surface area contributed by atoms with Crippen LogP contribution in [0.3, 0.4) is 0 Å². The van der Waals surface area contributed by atoms with E-state index in [1.165, 1.54) is 29.5 Å². The van der Waals surface area contributed by atoms with E-state index >= 15 is 0 Å². The van der Waals surface area contributed by atoms with E-state index < -0.39 is 4.92 Å². The zero-order chi connectivity index (χ0) is 19.5. The van der Waals surface area contributed by atoms with E-state index in [4.69, 9.17) is 4.42 Å². The largest absolute Gasteiger partial charge is 0.457 e. The highest BCUT2D eigenvalue weighted by Crippen LogP contribution is 2.29. The van der Waals surface area contributed by atoms with Crippen LogP contribution in [0.4, 0.5) is 10.8 Å². The van der Waals surface area contributed by atoms with Gasteiger partial charge in [0, 0.05) is 23.8 Å². The summed E-state index contributed by atoms with van der Waals surface area (Å²) >= 11 is 1.18. The van der Waals surface area contributed by atoms with Crippen molar-refractivity contribution < 1.29 is 14.1 Å². The van der Waals surface area contributed by atoms with Gasteiger partial charge in [-0.25, -0.2) is 4.98 Å². The molecule has 28 heavy (non-hydrogen) atoms. The third kappa shape index (κ3) is 3.81. The minimum Gasteiger partial charge on any atom is -0.457 e. The van der Waals surface area contributed by atoms with Crippen LogP contribution in [0.25, 0.3) is 27.6 Å². The van der Waals surface area contributed by atoms with E-state index in [-0.39, 0.29) is 11.6 Å². The van der Waals surface area contributed by atoms with Crippen molar-refractivity contribution >= 4 is 44.4 Å². The predicted octanol–water partition coefficient (Wildman–Crippen LogP) is 5.12. The summed E-state index contributed by atoms with van der Waals surface area (Å²) in [5.74, 6) is 0.897. The van der Waals surface area contributed by atoms with Crippen LogP contribution in [-0.4, -0.2) is 15.8 Å². The number of thiazole rings is 1. The average Bonchev–Trinajstić information content (AvgIpc) is 3.33. The summed E-state index contributed by atoms with van der Waals surface area (Å²) in [5.41, 5.74) is 1.53. The van der Waals surface area contributed by atoms with E-state index in [0.717, 1.165) is 5.56 Å². The average molecular weight is 391 g/mol. The molecule has 0 atom stereocenters. The van der Waals surface area contributed by atoms with Gasteiger partial charge in [-0.1, -0.05) is 41.7 Å². The Kier molecular flexibility index (Phi) is 4.69. The minimum atomic E-state index is -0.465. The van der Waals surface area contributed by atoms with Crippen molar-refractivity contribution in [3.05, 3.63) is 82.6 Å². The second-order valence-corrected chi connectivity index (χ2v) is 6.85. The van der Waals surface area contributed by atoms with Crippen LogP contribution in [0.1, 0.15) is 5.76 Å². The number of aromatic nitrogens is 1. The molecule has 0 spiro atoms. The Morgan fingerprint density at radius 3 is 2.75 bits per heavy atom. The molecule has 2 heterocycles. The van der Waals surface area contributed by atoms with Crippen LogP contribution in [0.5, 0.6) is 0 Å². The molecule has 0 fully saturated rings. The number of rotatable bonds is 5. The van der Waals surface area contributed by atoms with Crippen molar-refractivity contribution in [1.82, 2.24) is 4.98 Å². The van der Waals surface area contributed by atoms with Crippen molar-refractivity contribution in [2.45, 2.75) is 0 Å². The number of hydrogen-bond donors (Lipinski definition) is 1. The van der Waals surface area contributed by atoms with Gasteiger partial charge in [-0.3, -0.25) is 20.2 Å². The number of non-ortho nitro benzene ring substituents is 1. The number of anilines is 1. The van der Waals surface area contributed by atoms with Gasteiger partial charge in [-0.15, -0.1) is 0 Å². The maximum atomic E-state index is 12.1. The monoisotopic (exact) mass is 391 g/mol. The molecule has 4 rings (SSSR count). The maximum absolute atomic E-state index is 12.1. The Morgan fingerprint density at radius 2 is 1.96 bits per heavy atom. The van der Waals surface area contributed by atoms with Crippen LogP contribution < -0.4 is 5.32 Å². The summed E-state index contributed by atoms with van der Waals surface area (Å²) in [6, 6.07) is 17.7. The molecular formula is C20H13N3O4S. The number of nitrogens with zero attached hydrogens (tertiary/aromatic N) is 2. The first-order chi connectivity index (χ1) is 13.6. The van der Waals surface area contributed by atoms with Crippen LogP contribution >= 0.6 is 11.3 Å². The zero-order valence-electron chi connectivity index (χ0n) is 14.4. The summed E-state index contributed by atoms with van der Waals surface area (Å²) in [4.78, 5) is 26.8. The van der Waals surface area contributed by atoms with Gasteiger partial charge >= 0.3 is 0 Å². The van der Waals surface area contributed by atoms with Gasteiger partial charge in [-0.05, 0) is 24.3 Å². The fourth-order valence-electron chi connectivity index (χ4n) is 2.59. The number of nitrogens with one attached hydrogen (secondary N) is 1. The molecular weight excluding hydrogens is 378 g/mol. The molecule has 0 bridgehead atoms. The molecule has 0 aliphatic heterocycles. The number of amides is 1. The van der Waals surface area contributed by atoms with Crippen molar-refractivity contribution in [2.24, 2.45) is 0 Å². The Labute approximate surface area is 163 Å². The van der Waals surface area contributed by atoms with Gasteiger partial charge in [0.2, 0.25) is 5.91 Å². The molecule has 138 valence electrons. The van der Waals surface area contributed by atoms with Gasteiger partial charge in [0.25, 0.3) is 5.69 Å². The molecule has 0 saturated heterocycles. The maximum Gasteiger partial charge on any atom is 0.270 e. The van der Waals surface area contributed by atoms with Gasteiger partial charge in [0.1, 0.15) is 11.5 Å². The summed E-state index contributed by atoms with van der Waals surface area (Å²) in [6.07, 6.45) is 2.92. The lowest BCUT2D eigenvalue weighted by molar-refractivity contribution is -0.384. The van der Waals surface area contributed by atoms with Gasteiger partial charge in [0.15, 0.2) is 5.13 Å². The second-order valence-electron chi connectivity index (χ2n) is 5.82. The Bertz CT molecular complexity index is 1190. The molecule has 8 heteroatoms. The normalized spacial score (nSPS) is 11.1. The number of carbonyl (C=O) groups excluding carboxylic acids is 1. The van der Waals surface area contributed by atoms with E-state index in [2.05, 4.69) is 10.3 Å². The molecule has 7 nitrogen and oxygen atoms in total. The summed E-state index contributed by atoms with van der Waals surface area (Å²) in [5, 5.41) is 13.9. The topological polar surface area (TPSA) is 98.3 Å². The minimum absolute atomic E-state index is 0.0130. The first-order valence-corrected chi connectivity index (χ1v) is 9.09. The molecule has 0 aliphatic carbocycles. The van der Waals surface area contributed by atoms with Gasteiger partial charge < -0.3 is 4.42 Å². The van der Waals surface area contributed by atoms with Crippen molar-refractivity contribution in [1.29, 1.82) is 0 Å². The Morgan fingerprint density at radius 1 is 1.14 bits per heavy atom. The number of nitro benzene ring substituents is 1. The third-order valence-electron chi connectivity index (χ3n) is 3.90. The Hall–Kier alpha value is -3.78. The third-order valence-corrected chi connectivity index (χ3v) is 4.83. The van der Waals surface area contributed by atoms with E-state index in [1.807, 2.05) is 36.4 Å². The molecule has 0 radical (unpaired) electrons. The lowest BCUT2D eigenvalue weighted by atomic mass is 10.2. The lowest BCUT2D eigenvalue weighted by Crippen LogP contribution is -2.07. The highest BCUT2D eigenvalue weighted by atomic mass is 32.1. The molecule has 0 aliphatic rings. The molecule has 2 aromatic carbocycles. The number of furan rings is 1. The summed E-state index contributed by atoms with van der Waals surface area (Å²) in [7, 11) is 0. The SMILES string of the molecule is O=C(/C=C/c1ccc(-c2ccccc2)o1)Nc1nc2ccc([N+](=O)[O-])cc2s1. The zero-order valence-corrected chi connectivity index (χ0v) is 15.2. The smallest absolute Gasteiger partial charge is 0.270 e. The predicted molar refractivity (Wildman–Crippen MR) is 108 cm³/mol. The van der Waals surface area contributed by atoms with Crippen molar-refractivity contribution in [3.63, 3.8) is 0 Å². The van der Waals surface area contributed by atoms with Crippen LogP contribution in [0, 0.1) is 10.1 Å². The van der Waals surface area contributed by atoms with E-state index in [1.54, 1.807) is 18.2 Å². The fourth-order valence-corrected chi connectivity index (χ4v) is 3.49. The number of nitro groups is 1. The number of hydrogen-bond acceptors (Lipinski definition) is 6. The van der Waals surface area contributed by atoms with Crippen LogP contribution in [-0.2, 0) is 4.79 Å². The highest BCUT2D eigenvalue weighted by Gasteiger charge is 2.11. The van der Waals surface area contributed by atoms with E-state index in [9.17, 15) is 14.9 Å². The van der Waals surface area contributed by atoms with Crippen LogP contribution in [0.2, 0.25) is 0 Å². The molecule has 0 saturated carbocycles. The fraction of sp³-hybridized carbons (Fsp3) is 0. The molecule has 2 aromatic heterocycles. The molecule has 1 N–H and O–H groups in total. The first kappa shape index (κ1) is 17.6. The summed E-state index contributed by atoms with van der Waals surface area (Å²) < 4.78 is 6.34. The molecule has 1 amide bonds.